The summed E-state index contributed by atoms with van der Waals surface area (Å²) in [5.41, 5.74) is 0. The van der Waals surface area contributed by atoms with Gasteiger partial charge in [-0.1, -0.05) is 23.2 Å². The van der Waals surface area contributed by atoms with Gasteiger partial charge in [0.25, 0.3) is 0 Å². The number of rotatable bonds is 6. The third-order valence-electron chi connectivity index (χ3n) is 4.75. The molecule has 0 radical (unpaired) electrons. The van der Waals surface area contributed by atoms with Gasteiger partial charge in [-0.05, 0) is 43.5 Å². The molecule has 1 saturated heterocycles. The highest BCUT2D eigenvalue weighted by molar-refractivity contribution is 6.34. The summed E-state index contributed by atoms with van der Waals surface area (Å²) in [5, 5.41) is 17.5. The molecule has 8 heteroatoms. The molecule has 2 fully saturated rings. The average molecular weight is 388 g/mol. The van der Waals surface area contributed by atoms with E-state index in [1.807, 2.05) is 0 Å². The number of fused-ring (bicyclic) bond motifs is 2. The van der Waals surface area contributed by atoms with E-state index in [-0.39, 0.29) is 25.2 Å². The number of nitrogens with one attached hydrogen (secondary N) is 2. The van der Waals surface area contributed by atoms with E-state index in [4.69, 9.17) is 27.9 Å². The van der Waals surface area contributed by atoms with Crippen LogP contribution in [0.3, 0.4) is 0 Å². The third-order valence-corrected chi connectivity index (χ3v) is 5.18. The van der Waals surface area contributed by atoms with E-state index in [0.29, 0.717) is 27.8 Å². The Labute approximate surface area is 157 Å². The first kappa shape index (κ1) is 18.6. The number of carbonyl (C=O) groups is 1. The number of nitrogens with zero attached hydrogens (tertiary/aromatic N) is 1. The zero-order chi connectivity index (χ0) is 18.0. The summed E-state index contributed by atoms with van der Waals surface area (Å²) >= 11 is 11.8. The van der Waals surface area contributed by atoms with Crippen LogP contribution < -0.4 is 15.4 Å². The largest absolute Gasteiger partial charge is 0.491 e. The molecular weight excluding hydrogens is 365 g/mol. The number of ether oxygens (including phenoxy) is 1. The Balaban J connectivity index is 1.42. The number of halogens is 2. The first-order valence-electron chi connectivity index (χ1n) is 8.42. The lowest BCUT2D eigenvalue weighted by molar-refractivity contribution is 0.0823. The number of hydrogen-bond donors (Lipinski definition) is 3. The minimum Gasteiger partial charge on any atom is -0.491 e. The second-order valence-corrected chi connectivity index (χ2v) is 7.73. The van der Waals surface area contributed by atoms with Crippen LogP contribution >= 0.6 is 23.2 Å². The van der Waals surface area contributed by atoms with Crippen molar-refractivity contribution in [3.8, 4) is 5.75 Å². The summed E-state index contributed by atoms with van der Waals surface area (Å²) in [5.74, 6) is 1.15. The van der Waals surface area contributed by atoms with Crippen molar-refractivity contribution in [2.75, 3.05) is 26.7 Å². The van der Waals surface area contributed by atoms with Gasteiger partial charge in [-0.25, -0.2) is 4.79 Å². The molecule has 1 heterocycles. The van der Waals surface area contributed by atoms with Crippen molar-refractivity contribution in [2.45, 2.75) is 31.0 Å². The molecule has 1 aliphatic carbocycles. The summed E-state index contributed by atoms with van der Waals surface area (Å²) in [4.78, 5) is 13.8. The van der Waals surface area contributed by atoms with Gasteiger partial charge in [0.05, 0.1) is 6.54 Å². The van der Waals surface area contributed by atoms with Gasteiger partial charge in [-0.15, -0.1) is 0 Å². The van der Waals surface area contributed by atoms with Crippen LogP contribution in [0, 0.1) is 5.92 Å². The van der Waals surface area contributed by atoms with Gasteiger partial charge in [0.2, 0.25) is 0 Å². The van der Waals surface area contributed by atoms with Crippen molar-refractivity contribution >= 4 is 29.2 Å². The minimum atomic E-state index is -0.813. The van der Waals surface area contributed by atoms with Crippen molar-refractivity contribution < 1.29 is 14.6 Å². The van der Waals surface area contributed by atoms with E-state index in [0.717, 1.165) is 19.4 Å². The fraction of sp³-hybridized carbons (Fsp3) is 0.588. The molecule has 1 saturated carbocycles. The quantitative estimate of drug-likeness (QED) is 0.698. The van der Waals surface area contributed by atoms with E-state index in [1.54, 1.807) is 25.2 Å². The molecule has 1 aliphatic heterocycles. The highest BCUT2D eigenvalue weighted by Gasteiger charge is 2.40. The smallest absolute Gasteiger partial charge is 0.317 e. The Hall–Kier alpha value is -1.21. The van der Waals surface area contributed by atoms with Crippen molar-refractivity contribution in [1.29, 1.82) is 0 Å². The normalized spacial score (nSPS) is 25.7. The van der Waals surface area contributed by atoms with Crippen LogP contribution in [-0.2, 0) is 0 Å². The third kappa shape index (κ3) is 4.91. The first-order valence-corrected chi connectivity index (χ1v) is 9.18. The maximum atomic E-state index is 12.3. The standard InChI is InChI=1S/C17H23Cl2N3O3/c1-22(17(24)21-16-3-10-2-15(16)20-7-10)8-13(23)9-25-14-5-11(18)4-12(19)6-14/h4-6,10,13,15-16,20,23H,2-3,7-9H2,1H3,(H,21,24)/t10-,13?,15+,16+/m0/s1. The van der Waals surface area contributed by atoms with E-state index in [1.165, 1.54) is 4.90 Å². The molecule has 0 spiro atoms. The van der Waals surface area contributed by atoms with Gasteiger partial charge >= 0.3 is 6.03 Å². The molecule has 2 aliphatic rings. The molecule has 1 unspecified atom stereocenters. The van der Waals surface area contributed by atoms with Gasteiger partial charge in [0.1, 0.15) is 18.5 Å². The van der Waals surface area contributed by atoms with E-state index in [2.05, 4.69) is 10.6 Å². The van der Waals surface area contributed by atoms with Gasteiger partial charge in [0.15, 0.2) is 0 Å². The number of piperidine rings is 1. The van der Waals surface area contributed by atoms with Crippen LogP contribution in [0.2, 0.25) is 10.0 Å². The lowest BCUT2D eigenvalue weighted by Crippen LogP contribution is -2.52. The second-order valence-electron chi connectivity index (χ2n) is 6.86. The number of likely N-dealkylation sites (N-methyl/N-ethyl adjacent to an activating group) is 1. The van der Waals surface area contributed by atoms with Crippen LogP contribution in [-0.4, -0.2) is 61.0 Å². The lowest BCUT2D eigenvalue weighted by atomic mass is 10.1. The molecule has 4 atom stereocenters. The predicted molar refractivity (Wildman–Crippen MR) is 97.4 cm³/mol. The second kappa shape index (κ2) is 7.99. The Morgan fingerprint density at radius 2 is 2.12 bits per heavy atom. The zero-order valence-corrected chi connectivity index (χ0v) is 15.6. The number of amides is 2. The molecule has 2 amide bonds. The average Bonchev–Trinajstić information content (AvgIpc) is 3.14. The first-order chi connectivity index (χ1) is 11.9. The Kier molecular flexibility index (Phi) is 5.94. The fourth-order valence-corrected chi connectivity index (χ4v) is 4.04. The highest BCUT2D eigenvalue weighted by Crippen LogP contribution is 2.31. The van der Waals surface area contributed by atoms with E-state index >= 15 is 0 Å². The van der Waals surface area contributed by atoms with Crippen LogP contribution in [0.1, 0.15) is 12.8 Å². The SMILES string of the molecule is CN(CC(O)COc1cc(Cl)cc(Cl)c1)C(=O)N[C@@H]1C[C@H]2CN[C@@H]1C2. The molecule has 25 heavy (non-hydrogen) atoms. The van der Waals surface area contributed by atoms with Crippen LogP contribution in [0.5, 0.6) is 5.75 Å². The highest BCUT2D eigenvalue weighted by atomic mass is 35.5. The van der Waals surface area contributed by atoms with Crippen LogP contribution in [0.25, 0.3) is 0 Å². The van der Waals surface area contributed by atoms with Gasteiger partial charge < -0.3 is 25.4 Å². The summed E-state index contributed by atoms with van der Waals surface area (Å²) in [7, 11) is 1.66. The Morgan fingerprint density at radius 3 is 2.72 bits per heavy atom. The van der Waals surface area contributed by atoms with Crippen molar-refractivity contribution in [3.63, 3.8) is 0 Å². The minimum absolute atomic E-state index is 0.0456. The van der Waals surface area contributed by atoms with E-state index in [9.17, 15) is 9.90 Å². The maximum Gasteiger partial charge on any atom is 0.317 e. The zero-order valence-electron chi connectivity index (χ0n) is 14.0. The summed E-state index contributed by atoms with van der Waals surface area (Å²) in [6, 6.07) is 5.23. The molecule has 6 nitrogen and oxygen atoms in total. The summed E-state index contributed by atoms with van der Waals surface area (Å²) in [6.07, 6.45) is 1.35. The van der Waals surface area contributed by atoms with Crippen LogP contribution in [0.15, 0.2) is 18.2 Å². The Bertz CT molecular complexity index is 611. The van der Waals surface area contributed by atoms with Crippen molar-refractivity contribution in [2.24, 2.45) is 5.92 Å². The van der Waals surface area contributed by atoms with Gasteiger partial charge in [-0.2, -0.15) is 0 Å². The Morgan fingerprint density at radius 1 is 1.40 bits per heavy atom. The number of hydrogen-bond acceptors (Lipinski definition) is 4. The predicted octanol–water partition coefficient (Wildman–Crippen LogP) is 2.12. The molecule has 1 aromatic carbocycles. The molecular formula is C17H23Cl2N3O3. The van der Waals surface area contributed by atoms with E-state index < -0.39 is 6.10 Å². The van der Waals surface area contributed by atoms with Crippen LogP contribution in [0.4, 0.5) is 4.79 Å². The van der Waals surface area contributed by atoms with Crippen molar-refractivity contribution in [3.05, 3.63) is 28.2 Å². The number of benzene rings is 1. The number of carbonyl (C=O) groups excluding carboxylic acids is 1. The molecule has 1 aromatic rings. The number of urea groups is 1. The molecule has 3 N–H and O–H groups in total. The maximum absolute atomic E-state index is 12.3. The topological polar surface area (TPSA) is 73.8 Å². The molecule has 2 bridgehead atoms. The van der Waals surface area contributed by atoms with Gasteiger partial charge in [-0.3, -0.25) is 0 Å². The lowest BCUT2D eigenvalue weighted by Gasteiger charge is -2.28. The summed E-state index contributed by atoms with van der Waals surface area (Å²) < 4.78 is 5.50. The monoisotopic (exact) mass is 387 g/mol. The number of aliphatic hydroxyl groups is 1. The molecule has 0 aromatic heterocycles. The number of aliphatic hydroxyl groups excluding tert-OH is 1. The fourth-order valence-electron chi connectivity index (χ4n) is 3.54. The van der Waals surface area contributed by atoms with Gasteiger partial charge in [0, 0.05) is 29.2 Å². The molecule has 3 rings (SSSR count). The van der Waals surface area contributed by atoms with Crippen molar-refractivity contribution in [1.82, 2.24) is 15.5 Å². The molecule has 138 valence electrons. The summed E-state index contributed by atoms with van der Waals surface area (Å²) in [6.45, 7) is 1.27.